The molecule has 1 aliphatic heterocycles. The van der Waals surface area contributed by atoms with E-state index in [-0.39, 0.29) is 0 Å². The Kier molecular flexibility index (Phi) is 1.85. The van der Waals surface area contributed by atoms with Gasteiger partial charge in [0, 0.05) is 18.5 Å². The number of hydrogen-bond donors (Lipinski definition) is 0. The molecule has 0 atom stereocenters. The number of benzene rings is 1. The van der Waals surface area contributed by atoms with Crippen molar-refractivity contribution in [2.45, 2.75) is 13.0 Å². The lowest BCUT2D eigenvalue weighted by atomic mass is 10.1. The average molecular weight is 238 g/mol. The Morgan fingerprint density at radius 1 is 1.00 bits per heavy atom. The summed E-state index contributed by atoms with van der Waals surface area (Å²) in [7, 11) is 0. The average Bonchev–Trinajstić information content (AvgIpc) is 3.03. The number of para-hydroxylation sites is 1. The maximum absolute atomic E-state index is 4.17. The van der Waals surface area contributed by atoms with Gasteiger partial charge in [-0.15, -0.1) is 10.2 Å². The van der Waals surface area contributed by atoms with Crippen LogP contribution in [-0.2, 0) is 13.0 Å². The van der Waals surface area contributed by atoms with E-state index in [1.54, 1.807) is 12.4 Å². The zero-order valence-electron chi connectivity index (χ0n) is 9.56. The van der Waals surface area contributed by atoms with E-state index in [0.29, 0.717) is 0 Å². The topological polar surface area (TPSA) is 61.4 Å². The van der Waals surface area contributed by atoms with Crippen molar-refractivity contribution in [3.63, 3.8) is 0 Å². The van der Waals surface area contributed by atoms with Crippen molar-refractivity contribution < 1.29 is 0 Å². The van der Waals surface area contributed by atoms with E-state index < -0.39 is 0 Å². The first-order chi connectivity index (χ1) is 8.93. The van der Waals surface area contributed by atoms with Gasteiger partial charge in [-0.25, -0.2) is 9.36 Å². The van der Waals surface area contributed by atoms with Crippen molar-refractivity contribution >= 4 is 0 Å². The van der Waals surface area contributed by atoms with E-state index >= 15 is 0 Å². The highest BCUT2D eigenvalue weighted by Crippen LogP contribution is 2.28. The molecular weight excluding hydrogens is 228 g/mol. The third-order valence-electron chi connectivity index (χ3n) is 3.23. The molecule has 0 bridgehead atoms. The van der Waals surface area contributed by atoms with E-state index in [2.05, 4.69) is 26.7 Å². The summed E-state index contributed by atoms with van der Waals surface area (Å²) in [6, 6.07) is 8.10. The van der Waals surface area contributed by atoms with Crippen LogP contribution in [0.4, 0.5) is 0 Å². The highest BCUT2D eigenvalue weighted by molar-refractivity contribution is 5.69. The summed E-state index contributed by atoms with van der Waals surface area (Å²) in [6.45, 7) is 0.789. The molecule has 2 aromatic heterocycles. The third kappa shape index (κ3) is 1.22. The van der Waals surface area contributed by atoms with Crippen molar-refractivity contribution in [2.24, 2.45) is 0 Å². The maximum Gasteiger partial charge on any atom is 0.0907 e. The fourth-order valence-corrected chi connectivity index (χ4v) is 2.36. The molecule has 0 N–H and O–H groups in total. The first-order valence-electron chi connectivity index (χ1n) is 5.81. The summed E-state index contributed by atoms with van der Waals surface area (Å²) in [6.07, 6.45) is 4.44. The minimum atomic E-state index is 0.789. The minimum Gasteiger partial charge on any atom is -0.244 e. The highest BCUT2D eigenvalue weighted by Gasteiger charge is 2.18. The van der Waals surface area contributed by atoms with Gasteiger partial charge >= 0.3 is 0 Å². The number of rotatable bonds is 0. The summed E-state index contributed by atoms with van der Waals surface area (Å²) in [4.78, 5) is 0. The van der Waals surface area contributed by atoms with Gasteiger partial charge in [0.1, 0.15) is 0 Å². The van der Waals surface area contributed by atoms with Crippen LogP contribution >= 0.6 is 0 Å². The lowest BCUT2D eigenvalue weighted by Crippen LogP contribution is -2.13. The molecule has 6 nitrogen and oxygen atoms in total. The van der Waals surface area contributed by atoms with Crippen molar-refractivity contribution in [3.8, 4) is 16.9 Å². The van der Waals surface area contributed by atoms with Gasteiger partial charge in [0.2, 0.25) is 0 Å². The molecule has 0 unspecified atom stereocenters. The van der Waals surface area contributed by atoms with Gasteiger partial charge in [-0.05, 0) is 6.07 Å². The van der Waals surface area contributed by atoms with E-state index in [1.807, 2.05) is 27.6 Å². The molecule has 3 aromatic rings. The van der Waals surface area contributed by atoms with Crippen LogP contribution in [0.25, 0.3) is 16.9 Å². The van der Waals surface area contributed by atoms with Gasteiger partial charge in [-0.3, -0.25) is 0 Å². The lowest BCUT2D eigenvalue weighted by Gasteiger charge is -2.15. The first-order valence-corrected chi connectivity index (χ1v) is 5.81. The van der Waals surface area contributed by atoms with Crippen LogP contribution in [0.3, 0.4) is 0 Å². The molecule has 0 fully saturated rings. The second-order valence-corrected chi connectivity index (χ2v) is 4.25. The van der Waals surface area contributed by atoms with E-state index in [4.69, 9.17) is 0 Å². The van der Waals surface area contributed by atoms with Crippen LogP contribution in [0.5, 0.6) is 0 Å². The van der Waals surface area contributed by atoms with Crippen molar-refractivity contribution in [3.05, 3.63) is 42.4 Å². The standard InChI is InChI=1S/C12H10N6/c1-2-4-11-10(3-1)12-8-14-15-17(12)6-5-9-7-13-16-18(9)11/h1-4,7-8H,5-6H2. The summed E-state index contributed by atoms with van der Waals surface area (Å²) >= 11 is 0. The second kappa shape index (κ2) is 3.49. The SMILES string of the molecule is c1ccc2c(c1)-c1cnnn1CCc1cnnn1-2. The molecule has 1 aromatic carbocycles. The molecule has 18 heavy (non-hydrogen) atoms. The van der Waals surface area contributed by atoms with Crippen molar-refractivity contribution in [1.29, 1.82) is 0 Å². The number of aromatic nitrogens is 6. The smallest absolute Gasteiger partial charge is 0.0907 e. The first kappa shape index (κ1) is 9.52. The summed E-state index contributed by atoms with van der Waals surface area (Å²) in [5, 5.41) is 16.3. The summed E-state index contributed by atoms with van der Waals surface area (Å²) in [5.41, 5.74) is 4.21. The number of fused-ring (bicyclic) bond motifs is 5. The molecule has 0 radical (unpaired) electrons. The Labute approximate surface area is 103 Å². The second-order valence-electron chi connectivity index (χ2n) is 4.25. The largest absolute Gasteiger partial charge is 0.244 e. The molecule has 0 aliphatic carbocycles. The zero-order chi connectivity index (χ0) is 11.9. The van der Waals surface area contributed by atoms with E-state index in [0.717, 1.165) is 35.6 Å². The normalized spacial score (nSPS) is 13.1. The van der Waals surface area contributed by atoms with E-state index in [9.17, 15) is 0 Å². The van der Waals surface area contributed by atoms with Crippen molar-refractivity contribution in [1.82, 2.24) is 30.0 Å². The minimum absolute atomic E-state index is 0.789. The molecular formula is C12H10N6. The third-order valence-corrected chi connectivity index (χ3v) is 3.23. The van der Waals surface area contributed by atoms with Crippen LogP contribution < -0.4 is 0 Å². The van der Waals surface area contributed by atoms with Crippen molar-refractivity contribution in [2.75, 3.05) is 0 Å². The van der Waals surface area contributed by atoms with E-state index in [1.165, 1.54) is 0 Å². The van der Waals surface area contributed by atoms with Gasteiger partial charge in [-0.1, -0.05) is 28.6 Å². The highest BCUT2D eigenvalue weighted by atomic mass is 15.4. The predicted octanol–water partition coefficient (Wildman–Crippen LogP) is 1.08. The number of aryl methyl sites for hydroxylation is 2. The monoisotopic (exact) mass is 238 g/mol. The van der Waals surface area contributed by atoms with Crippen LogP contribution in [0.15, 0.2) is 36.7 Å². The Balaban J connectivity index is 2.08. The fraction of sp³-hybridized carbons (Fsp3) is 0.167. The Morgan fingerprint density at radius 3 is 2.89 bits per heavy atom. The van der Waals surface area contributed by atoms with Gasteiger partial charge in [-0.2, -0.15) is 0 Å². The molecule has 0 saturated carbocycles. The Hall–Kier alpha value is -2.50. The number of hydrogen-bond acceptors (Lipinski definition) is 4. The van der Waals surface area contributed by atoms with Crippen LogP contribution in [0.2, 0.25) is 0 Å². The van der Waals surface area contributed by atoms with Gasteiger partial charge in [0.05, 0.1) is 29.5 Å². The molecule has 4 rings (SSSR count). The molecule has 1 aliphatic rings. The Morgan fingerprint density at radius 2 is 1.89 bits per heavy atom. The summed E-state index contributed by atoms with van der Waals surface area (Å²) < 4.78 is 3.82. The predicted molar refractivity (Wildman–Crippen MR) is 64.1 cm³/mol. The van der Waals surface area contributed by atoms with Gasteiger partial charge in [0.25, 0.3) is 0 Å². The molecule has 6 heteroatoms. The molecule has 3 heterocycles. The van der Waals surface area contributed by atoms with Crippen LogP contribution in [-0.4, -0.2) is 30.0 Å². The molecule has 0 amide bonds. The Bertz CT molecular complexity index is 649. The summed E-state index contributed by atoms with van der Waals surface area (Å²) in [5.74, 6) is 0. The number of nitrogens with zero attached hydrogens (tertiary/aromatic N) is 6. The maximum atomic E-state index is 4.17. The van der Waals surface area contributed by atoms with Gasteiger partial charge < -0.3 is 0 Å². The molecule has 88 valence electrons. The lowest BCUT2D eigenvalue weighted by molar-refractivity contribution is 0.575. The van der Waals surface area contributed by atoms with Crippen LogP contribution in [0.1, 0.15) is 5.69 Å². The van der Waals surface area contributed by atoms with Gasteiger partial charge in [0.15, 0.2) is 0 Å². The fourth-order valence-electron chi connectivity index (χ4n) is 2.36. The zero-order valence-corrected chi connectivity index (χ0v) is 9.56. The molecule has 0 spiro atoms. The quantitative estimate of drug-likeness (QED) is 0.588. The van der Waals surface area contributed by atoms with Crippen LogP contribution in [0, 0.1) is 0 Å². The molecule has 0 saturated heterocycles.